The Kier molecular flexibility index (Phi) is 4.57. The summed E-state index contributed by atoms with van der Waals surface area (Å²) in [7, 11) is -2.73. The van der Waals surface area contributed by atoms with Gasteiger partial charge in [-0.2, -0.15) is 17.5 Å². The fraction of sp³-hybridized carbons (Fsp3) is 0.364. The van der Waals surface area contributed by atoms with Crippen molar-refractivity contribution in [3.05, 3.63) is 35.4 Å². The first-order valence-corrected chi connectivity index (χ1v) is 7.61. The molecule has 1 aromatic carbocycles. The number of nitrogens with zero attached hydrogens (tertiary/aromatic N) is 1. The second-order valence-corrected chi connectivity index (χ2v) is 7.08. The summed E-state index contributed by atoms with van der Waals surface area (Å²) >= 11 is 4.57. The predicted molar refractivity (Wildman–Crippen MR) is 73.1 cm³/mol. The number of rotatable bonds is 2. The van der Waals surface area contributed by atoms with Crippen LogP contribution in [0.25, 0.3) is 0 Å². The normalized spacial score (nSPS) is 16.5. The maximum absolute atomic E-state index is 12.4. The van der Waals surface area contributed by atoms with E-state index >= 15 is 0 Å². The highest BCUT2D eigenvalue weighted by atomic mass is 32.2. The van der Waals surface area contributed by atoms with Gasteiger partial charge in [0.15, 0.2) is 5.11 Å². The van der Waals surface area contributed by atoms with E-state index in [4.69, 9.17) is 5.73 Å². The second kappa shape index (κ2) is 5.46. The molecule has 8 heteroatoms. The predicted octanol–water partition coefficient (Wildman–Crippen LogP) is 3.11. The summed E-state index contributed by atoms with van der Waals surface area (Å²) in [4.78, 5) is 0. The van der Waals surface area contributed by atoms with Crippen molar-refractivity contribution in [3.8, 4) is 0 Å². The van der Waals surface area contributed by atoms with Gasteiger partial charge >= 0.3 is 6.18 Å². The molecule has 0 bridgehead atoms. The van der Waals surface area contributed by atoms with Gasteiger partial charge in [0.1, 0.15) is 0 Å². The minimum absolute atomic E-state index is 0.230. The van der Waals surface area contributed by atoms with Crippen LogP contribution >= 0.6 is 12.2 Å². The van der Waals surface area contributed by atoms with Crippen molar-refractivity contribution in [3.63, 3.8) is 0 Å². The lowest BCUT2D eigenvalue weighted by atomic mass is 10.1. The maximum Gasteiger partial charge on any atom is 0.416 e. The third-order valence-electron chi connectivity index (χ3n) is 2.63. The zero-order valence-electron chi connectivity index (χ0n) is 10.3. The standard InChI is InChI=1S/C11H13F3N2OS2/c1-7(19(2,17)16-10(15)18)8-3-5-9(6-4-8)11(12,13)14/h3-7H,1-2H3,(H2,15,18). The van der Waals surface area contributed by atoms with Crippen LogP contribution in [-0.4, -0.2) is 15.6 Å². The van der Waals surface area contributed by atoms with E-state index in [0.29, 0.717) is 5.56 Å². The van der Waals surface area contributed by atoms with Gasteiger partial charge in [0.25, 0.3) is 0 Å². The molecule has 106 valence electrons. The lowest BCUT2D eigenvalue weighted by molar-refractivity contribution is -0.137. The third kappa shape index (κ3) is 4.17. The fourth-order valence-electron chi connectivity index (χ4n) is 1.45. The number of halogens is 3. The quantitative estimate of drug-likeness (QED) is 0.854. The Bertz CT molecular complexity index is 587. The lowest BCUT2D eigenvalue weighted by Crippen LogP contribution is -2.14. The van der Waals surface area contributed by atoms with Gasteiger partial charge in [-0.3, -0.25) is 0 Å². The molecule has 0 aromatic heterocycles. The van der Waals surface area contributed by atoms with Crippen LogP contribution in [0.4, 0.5) is 13.2 Å². The summed E-state index contributed by atoms with van der Waals surface area (Å²) in [5.74, 6) is 0. The van der Waals surface area contributed by atoms with E-state index < -0.39 is 26.7 Å². The van der Waals surface area contributed by atoms with Gasteiger partial charge in [-0.25, -0.2) is 4.21 Å². The molecule has 0 spiro atoms. The summed E-state index contributed by atoms with van der Waals surface area (Å²) < 4.78 is 53.1. The van der Waals surface area contributed by atoms with Crippen LogP contribution in [0.5, 0.6) is 0 Å². The van der Waals surface area contributed by atoms with Crippen molar-refractivity contribution in [1.82, 2.24) is 0 Å². The molecule has 0 aliphatic rings. The number of thiocarbonyl (C=S) groups is 1. The molecule has 19 heavy (non-hydrogen) atoms. The highest BCUT2D eigenvalue weighted by Gasteiger charge is 2.30. The van der Waals surface area contributed by atoms with Gasteiger partial charge in [-0.1, -0.05) is 12.1 Å². The number of hydrogen-bond donors (Lipinski definition) is 1. The van der Waals surface area contributed by atoms with Crippen LogP contribution in [0.2, 0.25) is 0 Å². The van der Waals surface area contributed by atoms with Crippen LogP contribution in [0.15, 0.2) is 28.6 Å². The van der Waals surface area contributed by atoms with Crippen LogP contribution in [0.3, 0.4) is 0 Å². The van der Waals surface area contributed by atoms with Crippen molar-refractivity contribution >= 4 is 27.1 Å². The van der Waals surface area contributed by atoms with Crippen molar-refractivity contribution in [2.45, 2.75) is 18.3 Å². The molecule has 0 radical (unpaired) electrons. The topological polar surface area (TPSA) is 55.5 Å². The number of benzene rings is 1. The Hall–Kier alpha value is -1.15. The van der Waals surface area contributed by atoms with E-state index in [-0.39, 0.29) is 5.11 Å². The summed E-state index contributed by atoms with van der Waals surface area (Å²) in [6.07, 6.45) is -3.02. The highest BCUT2D eigenvalue weighted by Crippen LogP contribution is 2.31. The van der Waals surface area contributed by atoms with Gasteiger partial charge in [0, 0.05) is 6.26 Å². The van der Waals surface area contributed by atoms with Gasteiger partial charge in [0.2, 0.25) is 0 Å². The molecule has 1 rings (SSSR count). The SMILES string of the molecule is CC(c1ccc(C(F)(F)F)cc1)S(C)(=O)=NC(N)=S. The van der Waals surface area contributed by atoms with Gasteiger partial charge in [0.05, 0.1) is 20.5 Å². The summed E-state index contributed by atoms with van der Waals surface area (Å²) in [6, 6.07) is 4.46. The first-order chi connectivity index (χ1) is 8.54. The molecule has 2 N–H and O–H groups in total. The zero-order valence-corrected chi connectivity index (χ0v) is 11.9. The molecular formula is C11H13F3N2OS2. The average Bonchev–Trinajstić information content (AvgIpc) is 2.25. The number of alkyl halides is 3. The van der Waals surface area contributed by atoms with Crippen molar-refractivity contribution in [2.24, 2.45) is 10.1 Å². The molecule has 3 nitrogen and oxygen atoms in total. The summed E-state index contributed by atoms with van der Waals surface area (Å²) in [5, 5.41) is -0.803. The van der Waals surface area contributed by atoms with E-state index in [1.54, 1.807) is 6.92 Å². The largest absolute Gasteiger partial charge is 0.416 e. The maximum atomic E-state index is 12.4. The molecule has 0 heterocycles. The Morgan fingerprint density at radius 1 is 1.37 bits per heavy atom. The second-order valence-electron chi connectivity index (χ2n) is 4.05. The van der Waals surface area contributed by atoms with Gasteiger partial charge < -0.3 is 5.73 Å². The van der Waals surface area contributed by atoms with E-state index in [1.807, 2.05) is 0 Å². The molecule has 0 aliphatic carbocycles. The van der Waals surface area contributed by atoms with E-state index in [1.165, 1.54) is 18.4 Å². The first-order valence-electron chi connectivity index (χ1n) is 5.21. The van der Waals surface area contributed by atoms with Gasteiger partial charge in [-0.05, 0) is 36.8 Å². The van der Waals surface area contributed by atoms with Crippen LogP contribution < -0.4 is 5.73 Å². The van der Waals surface area contributed by atoms with E-state index in [2.05, 4.69) is 16.6 Å². The van der Waals surface area contributed by atoms with Crippen molar-refractivity contribution in [2.75, 3.05) is 6.26 Å². The van der Waals surface area contributed by atoms with Crippen LogP contribution in [-0.2, 0) is 15.9 Å². The Morgan fingerprint density at radius 3 is 2.21 bits per heavy atom. The Labute approximate surface area is 115 Å². The molecule has 2 atom stereocenters. The van der Waals surface area contributed by atoms with E-state index in [0.717, 1.165) is 12.1 Å². The zero-order chi connectivity index (χ0) is 14.8. The molecule has 0 saturated heterocycles. The number of nitrogens with two attached hydrogens (primary N) is 1. The summed E-state index contributed by atoms with van der Waals surface area (Å²) in [5.41, 5.74) is 4.95. The molecule has 0 fully saturated rings. The Balaban J connectivity index is 3.13. The van der Waals surface area contributed by atoms with Crippen LogP contribution in [0.1, 0.15) is 23.3 Å². The van der Waals surface area contributed by atoms with Crippen molar-refractivity contribution in [1.29, 1.82) is 0 Å². The Morgan fingerprint density at radius 2 is 1.84 bits per heavy atom. The number of hydrogen-bond acceptors (Lipinski definition) is 2. The molecule has 1 aromatic rings. The van der Waals surface area contributed by atoms with E-state index in [9.17, 15) is 17.4 Å². The smallest absolute Gasteiger partial charge is 0.374 e. The molecule has 2 unspecified atom stereocenters. The minimum Gasteiger partial charge on any atom is -0.374 e. The van der Waals surface area contributed by atoms with Crippen LogP contribution in [0, 0.1) is 0 Å². The summed E-state index contributed by atoms with van der Waals surface area (Å²) in [6.45, 7) is 1.60. The first kappa shape index (κ1) is 15.9. The lowest BCUT2D eigenvalue weighted by Gasteiger charge is -2.15. The van der Waals surface area contributed by atoms with Gasteiger partial charge in [-0.15, -0.1) is 0 Å². The minimum atomic E-state index is -4.39. The molecule has 0 saturated carbocycles. The monoisotopic (exact) mass is 310 g/mol. The average molecular weight is 310 g/mol. The highest BCUT2D eigenvalue weighted by molar-refractivity contribution is 7.94. The molecular weight excluding hydrogens is 297 g/mol. The fourth-order valence-corrected chi connectivity index (χ4v) is 3.07. The van der Waals surface area contributed by atoms with Crippen molar-refractivity contribution < 1.29 is 17.4 Å². The third-order valence-corrected chi connectivity index (χ3v) is 4.98. The molecule has 0 aliphatic heterocycles. The molecule has 0 amide bonds.